The number of benzene rings is 2. The number of aryl methyl sites for hydroxylation is 2. The molecule has 0 saturated carbocycles. The van der Waals surface area contributed by atoms with Crippen molar-refractivity contribution in [2.75, 3.05) is 0 Å². The average molecular weight is 313 g/mol. The Kier molecular flexibility index (Phi) is 3.86. The molecule has 0 heterocycles. The summed E-state index contributed by atoms with van der Waals surface area (Å²) in [7, 11) is -3.93. The summed E-state index contributed by atoms with van der Waals surface area (Å²) in [6.45, 7) is 0. The summed E-state index contributed by atoms with van der Waals surface area (Å²) in [5.41, 5.74) is 2.48. The van der Waals surface area contributed by atoms with E-state index in [1.54, 1.807) is 24.3 Å². The number of fused-ring (bicyclic) bond motifs is 1. The Morgan fingerprint density at radius 2 is 1.73 bits per heavy atom. The molecule has 0 amide bonds. The summed E-state index contributed by atoms with van der Waals surface area (Å²) in [4.78, 5) is 0.140. The fourth-order valence-electron chi connectivity index (χ4n) is 2.66. The monoisotopic (exact) mass is 313 g/mol. The lowest BCUT2D eigenvalue weighted by Crippen LogP contribution is -2.12. The molecule has 0 aliphatic heterocycles. The molecular formula is C17H15NO3S. The molecule has 0 bridgehead atoms. The van der Waals surface area contributed by atoms with Gasteiger partial charge in [-0.2, -0.15) is 13.7 Å². The molecule has 0 radical (unpaired) electrons. The van der Waals surface area contributed by atoms with Crippen LogP contribution < -0.4 is 4.18 Å². The molecule has 0 N–H and O–H groups in total. The van der Waals surface area contributed by atoms with Crippen molar-refractivity contribution in [1.82, 2.24) is 0 Å². The first-order valence-corrected chi connectivity index (χ1v) is 8.56. The Morgan fingerprint density at radius 1 is 1.00 bits per heavy atom. The Hall–Kier alpha value is -2.32. The zero-order chi connectivity index (χ0) is 15.6. The van der Waals surface area contributed by atoms with E-state index in [4.69, 9.17) is 9.44 Å². The molecule has 112 valence electrons. The van der Waals surface area contributed by atoms with Crippen molar-refractivity contribution in [1.29, 1.82) is 5.26 Å². The van der Waals surface area contributed by atoms with Crippen LogP contribution in [0.15, 0.2) is 47.4 Å². The van der Waals surface area contributed by atoms with E-state index >= 15 is 0 Å². The lowest BCUT2D eigenvalue weighted by atomic mass is 9.92. The largest absolute Gasteiger partial charge is 0.378 e. The van der Waals surface area contributed by atoms with Crippen molar-refractivity contribution in [3.63, 3.8) is 0 Å². The lowest BCUT2D eigenvalue weighted by molar-refractivity contribution is 0.485. The van der Waals surface area contributed by atoms with E-state index in [0.717, 1.165) is 31.2 Å². The normalized spacial score (nSPS) is 14.0. The second-order valence-electron chi connectivity index (χ2n) is 5.28. The van der Waals surface area contributed by atoms with Crippen LogP contribution in [0, 0.1) is 11.3 Å². The molecule has 0 saturated heterocycles. The summed E-state index contributed by atoms with van der Waals surface area (Å²) >= 11 is 0. The Labute approximate surface area is 130 Å². The van der Waals surface area contributed by atoms with Gasteiger partial charge >= 0.3 is 10.1 Å². The van der Waals surface area contributed by atoms with Gasteiger partial charge in [0.05, 0.1) is 5.56 Å². The van der Waals surface area contributed by atoms with Crippen molar-refractivity contribution in [2.45, 2.75) is 30.6 Å². The van der Waals surface area contributed by atoms with Gasteiger partial charge in [-0.3, -0.25) is 0 Å². The zero-order valence-electron chi connectivity index (χ0n) is 12.0. The molecule has 0 spiro atoms. The molecule has 1 aliphatic carbocycles. The predicted octanol–water partition coefficient (Wildman–Crippen LogP) is 3.20. The third kappa shape index (κ3) is 2.83. The van der Waals surface area contributed by atoms with Gasteiger partial charge in [0.1, 0.15) is 11.0 Å². The van der Waals surface area contributed by atoms with Gasteiger partial charge in [0.15, 0.2) is 5.75 Å². The van der Waals surface area contributed by atoms with Gasteiger partial charge in [-0.1, -0.05) is 18.2 Å². The van der Waals surface area contributed by atoms with Crippen LogP contribution in [0.2, 0.25) is 0 Å². The summed E-state index contributed by atoms with van der Waals surface area (Å²) in [6.07, 6.45) is 4.11. The van der Waals surface area contributed by atoms with Gasteiger partial charge in [-0.05, 0) is 61.1 Å². The minimum absolute atomic E-state index is 0.0581. The van der Waals surface area contributed by atoms with Crippen molar-refractivity contribution in [2.24, 2.45) is 0 Å². The maximum atomic E-state index is 12.4. The minimum atomic E-state index is -3.93. The smallest absolute Gasteiger partial charge is 0.339 e. The molecule has 3 rings (SSSR count). The number of nitrogens with zero attached hydrogens (tertiary/aromatic N) is 1. The molecule has 2 aromatic rings. The fourth-order valence-corrected chi connectivity index (χ4v) is 3.66. The molecule has 22 heavy (non-hydrogen) atoms. The van der Waals surface area contributed by atoms with Gasteiger partial charge in [0.25, 0.3) is 0 Å². The van der Waals surface area contributed by atoms with Crippen LogP contribution in [0.3, 0.4) is 0 Å². The summed E-state index contributed by atoms with van der Waals surface area (Å²) < 4.78 is 30.0. The van der Waals surface area contributed by atoms with Gasteiger partial charge in [-0.15, -0.1) is 0 Å². The van der Waals surface area contributed by atoms with E-state index in [2.05, 4.69) is 0 Å². The van der Waals surface area contributed by atoms with Crippen molar-refractivity contribution >= 4 is 10.1 Å². The van der Waals surface area contributed by atoms with Gasteiger partial charge in [-0.25, -0.2) is 0 Å². The molecule has 5 heteroatoms. The quantitative estimate of drug-likeness (QED) is 0.816. The van der Waals surface area contributed by atoms with E-state index in [-0.39, 0.29) is 16.2 Å². The number of hydrogen-bond acceptors (Lipinski definition) is 4. The molecule has 0 atom stereocenters. The lowest BCUT2D eigenvalue weighted by Gasteiger charge is -2.16. The first-order valence-electron chi connectivity index (χ1n) is 7.15. The van der Waals surface area contributed by atoms with Crippen LogP contribution >= 0.6 is 0 Å². The first-order chi connectivity index (χ1) is 10.6. The van der Waals surface area contributed by atoms with Crippen LogP contribution in [0.5, 0.6) is 5.75 Å². The predicted molar refractivity (Wildman–Crippen MR) is 82.1 cm³/mol. The SMILES string of the molecule is N#Cc1ccccc1OS(=O)(=O)c1ccc2c(c1)CCCC2. The molecule has 1 aliphatic rings. The van der Waals surface area contributed by atoms with E-state index in [0.29, 0.717) is 0 Å². The summed E-state index contributed by atoms with van der Waals surface area (Å²) in [5, 5.41) is 9.02. The highest BCUT2D eigenvalue weighted by atomic mass is 32.2. The minimum Gasteiger partial charge on any atom is -0.378 e. The van der Waals surface area contributed by atoms with Crippen molar-refractivity contribution in [3.05, 3.63) is 59.2 Å². The zero-order valence-corrected chi connectivity index (χ0v) is 12.8. The van der Waals surface area contributed by atoms with Crippen LogP contribution in [0.1, 0.15) is 29.5 Å². The molecule has 0 aromatic heterocycles. The molecule has 0 unspecified atom stereocenters. The third-order valence-electron chi connectivity index (χ3n) is 3.82. The number of rotatable bonds is 3. The Bertz CT molecular complexity index is 850. The second-order valence-corrected chi connectivity index (χ2v) is 6.83. The molecular weight excluding hydrogens is 298 g/mol. The van der Waals surface area contributed by atoms with Crippen LogP contribution in [0.4, 0.5) is 0 Å². The highest BCUT2D eigenvalue weighted by Gasteiger charge is 2.20. The topological polar surface area (TPSA) is 67.2 Å². The van der Waals surface area contributed by atoms with Crippen molar-refractivity contribution < 1.29 is 12.6 Å². The Morgan fingerprint density at radius 3 is 2.50 bits per heavy atom. The highest BCUT2D eigenvalue weighted by molar-refractivity contribution is 7.87. The van der Waals surface area contributed by atoms with E-state index < -0.39 is 10.1 Å². The fraction of sp³-hybridized carbons (Fsp3) is 0.235. The number of hydrogen-bond donors (Lipinski definition) is 0. The second kappa shape index (κ2) is 5.82. The Balaban J connectivity index is 1.95. The summed E-state index contributed by atoms with van der Waals surface area (Å²) in [5.74, 6) is 0.0581. The average Bonchev–Trinajstić information content (AvgIpc) is 2.54. The van der Waals surface area contributed by atoms with E-state index in [9.17, 15) is 8.42 Å². The standard InChI is InChI=1S/C17H15NO3S/c18-12-15-7-3-4-8-17(15)21-22(19,20)16-10-9-13-5-1-2-6-14(13)11-16/h3-4,7-11H,1-2,5-6H2. The number of nitriles is 1. The van der Waals surface area contributed by atoms with Gasteiger partial charge in [0, 0.05) is 0 Å². The van der Waals surface area contributed by atoms with E-state index in [1.807, 2.05) is 12.1 Å². The van der Waals surface area contributed by atoms with Crippen molar-refractivity contribution in [3.8, 4) is 11.8 Å². The van der Waals surface area contributed by atoms with E-state index in [1.165, 1.54) is 17.7 Å². The number of para-hydroxylation sites is 1. The van der Waals surface area contributed by atoms with Gasteiger partial charge in [0.2, 0.25) is 0 Å². The highest BCUT2D eigenvalue weighted by Crippen LogP contribution is 2.27. The first kappa shape index (κ1) is 14.6. The van der Waals surface area contributed by atoms with Gasteiger partial charge < -0.3 is 4.18 Å². The molecule has 0 fully saturated rings. The summed E-state index contributed by atoms with van der Waals surface area (Å²) in [6, 6.07) is 13.4. The maximum Gasteiger partial charge on any atom is 0.339 e. The third-order valence-corrected chi connectivity index (χ3v) is 5.05. The maximum absolute atomic E-state index is 12.4. The van der Waals surface area contributed by atoms with Crippen LogP contribution in [0.25, 0.3) is 0 Å². The molecule has 2 aromatic carbocycles. The van der Waals surface area contributed by atoms with Crippen LogP contribution in [-0.4, -0.2) is 8.42 Å². The molecule has 4 nitrogen and oxygen atoms in total. The van der Waals surface area contributed by atoms with Crippen LogP contribution in [-0.2, 0) is 23.0 Å².